The van der Waals surface area contributed by atoms with E-state index in [9.17, 15) is 5.11 Å². The molecule has 0 saturated carbocycles. The van der Waals surface area contributed by atoms with Gasteiger partial charge in [0.1, 0.15) is 17.6 Å². The van der Waals surface area contributed by atoms with E-state index in [0.29, 0.717) is 0 Å². The highest BCUT2D eigenvalue weighted by atomic mass is 16.5. The Morgan fingerprint density at radius 1 is 1.33 bits per heavy atom. The zero-order valence-corrected chi connectivity index (χ0v) is 11.6. The van der Waals surface area contributed by atoms with Gasteiger partial charge in [-0.1, -0.05) is 6.92 Å². The maximum atomic E-state index is 9.48. The fourth-order valence-electron chi connectivity index (χ4n) is 1.49. The minimum Gasteiger partial charge on any atom is -0.497 e. The lowest BCUT2D eigenvalue weighted by Gasteiger charge is -2.20. The SMILES string of the molecule is CCNCc1cc(OC)ccc1OC(C)C(C)O. The number of hydrogen-bond acceptors (Lipinski definition) is 4. The third-order valence-electron chi connectivity index (χ3n) is 2.83. The molecule has 2 unspecified atom stereocenters. The van der Waals surface area contributed by atoms with Crippen LogP contribution in [0.1, 0.15) is 26.3 Å². The van der Waals surface area contributed by atoms with Crippen LogP contribution in [0.25, 0.3) is 0 Å². The fraction of sp³-hybridized carbons (Fsp3) is 0.571. The van der Waals surface area contributed by atoms with E-state index in [1.54, 1.807) is 14.0 Å². The van der Waals surface area contributed by atoms with Crippen molar-refractivity contribution in [2.75, 3.05) is 13.7 Å². The molecule has 0 aromatic heterocycles. The summed E-state index contributed by atoms with van der Waals surface area (Å²) in [7, 11) is 1.64. The molecule has 2 N–H and O–H groups in total. The first kappa shape index (κ1) is 14.8. The van der Waals surface area contributed by atoms with E-state index < -0.39 is 6.10 Å². The quantitative estimate of drug-likeness (QED) is 0.780. The Hall–Kier alpha value is -1.26. The largest absolute Gasteiger partial charge is 0.497 e. The molecule has 1 rings (SSSR count). The summed E-state index contributed by atoms with van der Waals surface area (Å²) in [5, 5.41) is 12.7. The molecule has 0 saturated heterocycles. The number of hydrogen-bond donors (Lipinski definition) is 2. The van der Waals surface area contributed by atoms with Gasteiger partial charge in [0.2, 0.25) is 0 Å². The van der Waals surface area contributed by atoms with Gasteiger partial charge in [0.05, 0.1) is 13.2 Å². The highest BCUT2D eigenvalue weighted by Crippen LogP contribution is 2.25. The van der Waals surface area contributed by atoms with Crippen LogP contribution in [0.5, 0.6) is 11.5 Å². The molecule has 0 aliphatic rings. The Bertz CT molecular complexity index is 366. The van der Waals surface area contributed by atoms with Crippen LogP contribution < -0.4 is 14.8 Å². The lowest BCUT2D eigenvalue weighted by atomic mass is 10.1. The second kappa shape index (κ2) is 7.24. The fourth-order valence-corrected chi connectivity index (χ4v) is 1.49. The first-order chi connectivity index (χ1) is 8.58. The van der Waals surface area contributed by atoms with Crippen molar-refractivity contribution in [3.05, 3.63) is 23.8 Å². The predicted molar refractivity (Wildman–Crippen MR) is 72.1 cm³/mol. The summed E-state index contributed by atoms with van der Waals surface area (Å²) >= 11 is 0. The Balaban J connectivity index is 2.87. The first-order valence-corrected chi connectivity index (χ1v) is 6.30. The van der Waals surface area contributed by atoms with Gasteiger partial charge in [0.25, 0.3) is 0 Å². The molecule has 0 aliphatic heterocycles. The van der Waals surface area contributed by atoms with E-state index in [4.69, 9.17) is 9.47 Å². The number of aliphatic hydroxyl groups excluding tert-OH is 1. The van der Waals surface area contributed by atoms with E-state index >= 15 is 0 Å². The maximum absolute atomic E-state index is 9.48. The summed E-state index contributed by atoms with van der Waals surface area (Å²) in [6.45, 7) is 7.24. The van der Waals surface area contributed by atoms with Crippen LogP contribution in [0.4, 0.5) is 0 Å². The van der Waals surface area contributed by atoms with Crippen molar-refractivity contribution in [3.63, 3.8) is 0 Å². The maximum Gasteiger partial charge on any atom is 0.124 e. The molecule has 1 aromatic carbocycles. The van der Waals surface area contributed by atoms with Crippen LogP contribution in [0, 0.1) is 0 Å². The number of rotatable bonds is 7. The van der Waals surface area contributed by atoms with Gasteiger partial charge in [0, 0.05) is 12.1 Å². The molecule has 2 atom stereocenters. The van der Waals surface area contributed by atoms with Crippen molar-refractivity contribution in [1.82, 2.24) is 5.32 Å². The molecular weight excluding hydrogens is 230 g/mol. The minimum atomic E-state index is -0.501. The monoisotopic (exact) mass is 253 g/mol. The van der Waals surface area contributed by atoms with Gasteiger partial charge < -0.3 is 19.9 Å². The van der Waals surface area contributed by atoms with Gasteiger partial charge in [-0.3, -0.25) is 0 Å². The standard InChI is InChI=1S/C14H23NO3/c1-5-15-9-12-8-13(17-4)6-7-14(12)18-11(3)10(2)16/h6-8,10-11,15-16H,5,9H2,1-4H3. The average molecular weight is 253 g/mol. The van der Waals surface area contributed by atoms with Crippen molar-refractivity contribution in [1.29, 1.82) is 0 Å². The Kier molecular flexibility index (Phi) is 5.95. The van der Waals surface area contributed by atoms with Crippen molar-refractivity contribution >= 4 is 0 Å². The van der Waals surface area contributed by atoms with Crippen molar-refractivity contribution in [3.8, 4) is 11.5 Å². The third-order valence-corrected chi connectivity index (χ3v) is 2.83. The molecule has 4 nitrogen and oxygen atoms in total. The summed E-state index contributed by atoms with van der Waals surface area (Å²) < 4.78 is 11.0. The number of ether oxygens (including phenoxy) is 2. The molecule has 0 radical (unpaired) electrons. The van der Waals surface area contributed by atoms with Crippen LogP contribution in [-0.2, 0) is 6.54 Å². The number of methoxy groups -OCH3 is 1. The van der Waals surface area contributed by atoms with Crippen molar-refractivity contribution in [2.45, 2.75) is 39.5 Å². The summed E-state index contributed by atoms with van der Waals surface area (Å²) in [5.74, 6) is 1.59. The van der Waals surface area contributed by atoms with Gasteiger partial charge >= 0.3 is 0 Å². The second-order valence-corrected chi connectivity index (χ2v) is 4.32. The highest BCUT2D eigenvalue weighted by Gasteiger charge is 2.13. The normalized spacial score (nSPS) is 14.1. The molecule has 1 aromatic rings. The number of benzene rings is 1. The summed E-state index contributed by atoms with van der Waals surface area (Å²) in [6, 6.07) is 5.69. The molecule has 0 heterocycles. The molecule has 4 heteroatoms. The lowest BCUT2D eigenvalue weighted by molar-refractivity contribution is 0.0597. The van der Waals surface area contributed by atoms with Gasteiger partial charge in [-0.2, -0.15) is 0 Å². The zero-order valence-electron chi connectivity index (χ0n) is 11.6. The molecule has 0 spiro atoms. The second-order valence-electron chi connectivity index (χ2n) is 4.32. The Morgan fingerprint density at radius 3 is 2.61 bits per heavy atom. The smallest absolute Gasteiger partial charge is 0.124 e. The predicted octanol–water partition coefficient (Wildman–Crippen LogP) is 1.95. The highest BCUT2D eigenvalue weighted by molar-refractivity contribution is 5.40. The summed E-state index contributed by atoms with van der Waals surface area (Å²) in [6.07, 6.45) is -0.738. The topological polar surface area (TPSA) is 50.7 Å². The van der Waals surface area contributed by atoms with Crippen molar-refractivity contribution < 1.29 is 14.6 Å². The van der Waals surface area contributed by atoms with Gasteiger partial charge in [-0.05, 0) is 38.6 Å². The van der Waals surface area contributed by atoms with Gasteiger partial charge in [-0.25, -0.2) is 0 Å². The molecule has 0 bridgehead atoms. The Labute approximate surface area is 109 Å². The van der Waals surface area contributed by atoms with Crippen LogP contribution in [0.3, 0.4) is 0 Å². The molecule has 102 valence electrons. The van der Waals surface area contributed by atoms with Crippen LogP contribution >= 0.6 is 0 Å². The van der Waals surface area contributed by atoms with Gasteiger partial charge in [-0.15, -0.1) is 0 Å². The zero-order chi connectivity index (χ0) is 13.5. The minimum absolute atomic E-state index is 0.237. The van der Waals surface area contributed by atoms with Gasteiger partial charge in [0.15, 0.2) is 0 Å². The first-order valence-electron chi connectivity index (χ1n) is 6.30. The molecule has 18 heavy (non-hydrogen) atoms. The molecule has 0 amide bonds. The summed E-state index contributed by atoms with van der Waals surface area (Å²) in [4.78, 5) is 0. The number of nitrogens with one attached hydrogen (secondary N) is 1. The average Bonchev–Trinajstić information content (AvgIpc) is 2.37. The van der Waals surface area contributed by atoms with E-state index in [0.717, 1.165) is 30.2 Å². The van der Waals surface area contributed by atoms with E-state index in [1.165, 1.54) is 0 Å². The Morgan fingerprint density at radius 2 is 2.06 bits per heavy atom. The van der Waals surface area contributed by atoms with E-state index in [2.05, 4.69) is 12.2 Å². The number of aliphatic hydroxyl groups is 1. The molecule has 0 fully saturated rings. The van der Waals surface area contributed by atoms with E-state index in [-0.39, 0.29) is 6.10 Å². The molecular formula is C14H23NO3. The lowest BCUT2D eigenvalue weighted by Crippen LogP contribution is -2.26. The van der Waals surface area contributed by atoms with E-state index in [1.807, 2.05) is 25.1 Å². The van der Waals surface area contributed by atoms with Crippen LogP contribution in [0.15, 0.2) is 18.2 Å². The third kappa shape index (κ3) is 4.20. The molecule has 0 aliphatic carbocycles. The van der Waals surface area contributed by atoms with Crippen LogP contribution in [0.2, 0.25) is 0 Å². The van der Waals surface area contributed by atoms with Crippen LogP contribution in [-0.4, -0.2) is 31.0 Å². The van der Waals surface area contributed by atoms with Crippen molar-refractivity contribution in [2.24, 2.45) is 0 Å². The summed E-state index contributed by atoms with van der Waals surface area (Å²) in [5.41, 5.74) is 1.03.